The molecule has 0 unspecified atom stereocenters. The van der Waals surface area contributed by atoms with Crippen LogP contribution in [0.2, 0.25) is 0 Å². The highest BCUT2D eigenvalue weighted by Crippen LogP contribution is 2.29. The molecular weight excluding hydrogens is 344 g/mol. The Morgan fingerprint density at radius 3 is 2.78 bits per heavy atom. The Morgan fingerprint density at radius 2 is 2.04 bits per heavy atom. The summed E-state index contributed by atoms with van der Waals surface area (Å²) in [6.45, 7) is 3.82. The fourth-order valence-electron chi connectivity index (χ4n) is 4.38. The number of aromatic nitrogens is 2. The number of fused-ring (bicyclic) bond motifs is 1. The summed E-state index contributed by atoms with van der Waals surface area (Å²) in [4.78, 5) is 48.2. The fourth-order valence-corrected chi connectivity index (χ4v) is 4.38. The van der Waals surface area contributed by atoms with Crippen LogP contribution in [0.25, 0.3) is 0 Å². The third-order valence-electron chi connectivity index (χ3n) is 6.04. The van der Waals surface area contributed by atoms with Crippen LogP contribution < -0.4 is 5.56 Å². The zero-order valence-electron chi connectivity index (χ0n) is 15.7. The van der Waals surface area contributed by atoms with E-state index in [9.17, 15) is 14.4 Å². The monoisotopic (exact) mass is 370 g/mol. The molecule has 0 radical (unpaired) electrons. The lowest BCUT2D eigenvalue weighted by Crippen LogP contribution is -2.38. The summed E-state index contributed by atoms with van der Waals surface area (Å²) < 4.78 is 0. The zero-order chi connectivity index (χ0) is 19.0. The van der Waals surface area contributed by atoms with Crippen molar-refractivity contribution in [1.29, 1.82) is 0 Å². The van der Waals surface area contributed by atoms with E-state index in [-0.39, 0.29) is 29.2 Å². The molecular formula is C20H26N4O3. The van der Waals surface area contributed by atoms with E-state index in [1.165, 1.54) is 0 Å². The van der Waals surface area contributed by atoms with Gasteiger partial charge in [0.15, 0.2) is 0 Å². The fraction of sp³-hybridized carbons (Fsp3) is 0.600. The molecule has 1 aromatic heterocycles. The van der Waals surface area contributed by atoms with Crippen molar-refractivity contribution < 1.29 is 9.59 Å². The molecule has 2 aliphatic heterocycles. The molecule has 3 heterocycles. The molecule has 144 valence electrons. The molecule has 3 aliphatic rings. The first-order valence-corrected chi connectivity index (χ1v) is 9.84. The lowest BCUT2D eigenvalue weighted by Gasteiger charge is -2.27. The first-order chi connectivity index (χ1) is 13.0. The molecule has 2 atom stereocenters. The molecule has 1 N–H and O–H groups in total. The van der Waals surface area contributed by atoms with E-state index in [0.717, 1.165) is 25.7 Å². The van der Waals surface area contributed by atoms with Crippen molar-refractivity contribution in [3.05, 3.63) is 39.6 Å². The number of amides is 2. The number of rotatable bonds is 2. The van der Waals surface area contributed by atoms with E-state index in [0.29, 0.717) is 49.7 Å². The second kappa shape index (κ2) is 7.29. The summed E-state index contributed by atoms with van der Waals surface area (Å²) in [7, 11) is 0. The maximum atomic E-state index is 12.8. The van der Waals surface area contributed by atoms with Crippen molar-refractivity contribution in [2.24, 2.45) is 5.92 Å². The molecule has 0 bridgehead atoms. The van der Waals surface area contributed by atoms with Gasteiger partial charge in [-0.2, -0.15) is 0 Å². The molecule has 27 heavy (non-hydrogen) atoms. The predicted molar refractivity (Wildman–Crippen MR) is 100 cm³/mol. The van der Waals surface area contributed by atoms with Crippen molar-refractivity contribution in [3.8, 4) is 0 Å². The highest BCUT2D eigenvalue weighted by molar-refractivity contribution is 5.79. The van der Waals surface area contributed by atoms with Crippen molar-refractivity contribution in [2.75, 3.05) is 19.6 Å². The number of nitrogens with one attached hydrogen (secondary N) is 1. The van der Waals surface area contributed by atoms with Gasteiger partial charge in [0.25, 0.3) is 5.56 Å². The molecule has 7 nitrogen and oxygen atoms in total. The van der Waals surface area contributed by atoms with Gasteiger partial charge in [0.1, 0.15) is 5.82 Å². The van der Waals surface area contributed by atoms with Gasteiger partial charge in [-0.3, -0.25) is 14.4 Å². The minimum atomic E-state index is -0.0969. The zero-order valence-corrected chi connectivity index (χ0v) is 15.7. The van der Waals surface area contributed by atoms with Gasteiger partial charge in [-0.15, -0.1) is 0 Å². The maximum Gasteiger partial charge on any atom is 0.254 e. The Balaban J connectivity index is 1.50. The van der Waals surface area contributed by atoms with Gasteiger partial charge < -0.3 is 14.8 Å². The molecule has 1 aliphatic carbocycles. The minimum Gasteiger partial charge on any atom is -0.342 e. The Bertz CT molecular complexity index is 844. The number of nitrogens with zero attached hydrogens (tertiary/aromatic N) is 3. The number of H-pyrrole nitrogens is 1. The number of carbonyl (C=O) groups excluding carboxylic acids is 2. The van der Waals surface area contributed by atoms with E-state index in [4.69, 9.17) is 4.98 Å². The van der Waals surface area contributed by atoms with Crippen molar-refractivity contribution in [3.63, 3.8) is 0 Å². The van der Waals surface area contributed by atoms with Crippen LogP contribution in [0, 0.1) is 5.92 Å². The summed E-state index contributed by atoms with van der Waals surface area (Å²) in [5.41, 5.74) is 1.30. The summed E-state index contributed by atoms with van der Waals surface area (Å²) in [5.74, 6) is 1.03. The first-order valence-electron chi connectivity index (χ1n) is 9.84. The van der Waals surface area contributed by atoms with Crippen LogP contribution >= 0.6 is 0 Å². The molecule has 1 saturated heterocycles. The van der Waals surface area contributed by atoms with Gasteiger partial charge in [-0.05, 0) is 32.1 Å². The quantitative estimate of drug-likeness (QED) is 0.796. The molecule has 7 heteroatoms. The smallest absolute Gasteiger partial charge is 0.254 e. The summed E-state index contributed by atoms with van der Waals surface area (Å²) >= 11 is 0. The van der Waals surface area contributed by atoms with E-state index in [1.807, 2.05) is 4.90 Å². The lowest BCUT2D eigenvalue weighted by atomic mass is 9.93. The van der Waals surface area contributed by atoms with E-state index in [1.54, 1.807) is 11.8 Å². The lowest BCUT2D eigenvalue weighted by molar-refractivity contribution is -0.134. The van der Waals surface area contributed by atoms with Crippen LogP contribution in [0.15, 0.2) is 16.9 Å². The standard InChI is InChI=1S/C20H26N4O3/c1-13(25)23-10-8-16-17(12-23)21-18(22-19(16)26)15-7-9-24(11-15)20(27)14-5-3-2-4-6-14/h2-3,14-15H,4-12H2,1H3,(H,21,22,26)/t14-,15-/m0/s1. The van der Waals surface area contributed by atoms with Gasteiger partial charge in [0.2, 0.25) is 11.8 Å². The first kappa shape index (κ1) is 17.9. The number of allylic oxidation sites excluding steroid dienone is 2. The number of aromatic amines is 1. The van der Waals surface area contributed by atoms with E-state index >= 15 is 0 Å². The Labute approximate surface area is 158 Å². The van der Waals surface area contributed by atoms with Crippen molar-refractivity contribution in [1.82, 2.24) is 19.8 Å². The Kier molecular flexibility index (Phi) is 4.85. The Hall–Kier alpha value is -2.44. The van der Waals surface area contributed by atoms with Crippen LogP contribution in [0.3, 0.4) is 0 Å². The molecule has 0 aromatic carbocycles. The highest BCUT2D eigenvalue weighted by Gasteiger charge is 2.33. The minimum absolute atomic E-state index is 0.00320. The van der Waals surface area contributed by atoms with Gasteiger partial charge in [-0.25, -0.2) is 4.98 Å². The topological polar surface area (TPSA) is 86.4 Å². The molecule has 0 spiro atoms. The summed E-state index contributed by atoms with van der Waals surface area (Å²) in [6.07, 6.45) is 8.32. The van der Waals surface area contributed by atoms with Gasteiger partial charge in [0.05, 0.1) is 12.2 Å². The third kappa shape index (κ3) is 3.55. The van der Waals surface area contributed by atoms with E-state index < -0.39 is 0 Å². The number of carbonyl (C=O) groups is 2. The molecule has 1 aromatic rings. The molecule has 2 amide bonds. The van der Waals surface area contributed by atoms with Gasteiger partial charge in [0, 0.05) is 44.0 Å². The predicted octanol–water partition coefficient (Wildman–Crippen LogP) is 1.35. The second-order valence-corrected chi connectivity index (χ2v) is 7.82. The van der Waals surface area contributed by atoms with Crippen LogP contribution in [0.4, 0.5) is 0 Å². The SMILES string of the molecule is CC(=O)N1CCc2c(nc([C@H]3CCN(C(=O)[C@H]4CC=CCC4)C3)[nH]c2=O)C1. The average Bonchev–Trinajstić information content (AvgIpc) is 3.17. The Morgan fingerprint density at radius 1 is 1.19 bits per heavy atom. The third-order valence-corrected chi connectivity index (χ3v) is 6.04. The van der Waals surface area contributed by atoms with Gasteiger partial charge in [-0.1, -0.05) is 12.2 Å². The van der Waals surface area contributed by atoms with Crippen molar-refractivity contribution in [2.45, 2.75) is 51.5 Å². The number of hydrogen-bond donors (Lipinski definition) is 1. The molecule has 4 rings (SSSR count). The normalized spacial score (nSPS) is 24.8. The molecule has 1 fully saturated rings. The maximum absolute atomic E-state index is 12.8. The van der Waals surface area contributed by atoms with Crippen LogP contribution in [-0.4, -0.2) is 51.2 Å². The molecule has 0 saturated carbocycles. The number of likely N-dealkylation sites (tertiary alicyclic amines) is 1. The van der Waals surface area contributed by atoms with Gasteiger partial charge >= 0.3 is 0 Å². The van der Waals surface area contributed by atoms with E-state index in [2.05, 4.69) is 17.1 Å². The second-order valence-electron chi connectivity index (χ2n) is 7.82. The number of hydrogen-bond acceptors (Lipinski definition) is 4. The largest absolute Gasteiger partial charge is 0.342 e. The average molecular weight is 370 g/mol. The van der Waals surface area contributed by atoms with Crippen molar-refractivity contribution >= 4 is 11.8 Å². The summed E-state index contributed by atoms with van der Waals surface area (Å²) in [5, 5.41) is 0. The van der Waals surface area contributed by atoms with Crippen LogP contribution in [0.5, 0.6) is 0 Å². The van der Waals surface area contributed by atoms with Crippen LogP contribution in [0.1, 0.15) is 55.6 Å². The van der Waals surface area contributed by atoms with Crippen LogP contribution in [-0.2, 0) is 22.6 Å². The highest BCUT2D eigenvalue weighted by atomic mass is 16.2. The summed E-state index contributed by atoms with van der Waals surface area (Å²) in [6, 6.07) is 0.